The second-order valence-electron chi connectivity index (χ2n) is 5.80. The molecule has 0 atom stereocenters. The number of furan rings is 1. The number of aromatic hydroxyl groups is 1. The van der Waals surface area contributed by atoms with Crippen molar-refractivity contribution < 1.29 is 14.7 Å². The van der Waals surface area contributed by atoms with Crippen LogP contribution >= 0.6 is 11.6 Å². The Bertz CT molecular complexity index is 934. The smallest absolute Gasteiger partial charge is 0.135 e. The maximum absolute atomic E-state index is 9.99. The molecule has 0 saturated carbocycles. The average Bonchev–Trinajstić information content (AvgIpc) is 2.91. The Kier molecular flexibility index (Phi) is 4.24. The molecule has 0 radical (unpaired) electrons. The van der Waals surface area contributed by atoms with Crippen LogP contribution in [0.1, 0.15) is 34.9 Å². The lowest BCUT2D eigenvalue weighted by atomic mass is 9.95. The molecule has 3 aromatic rings. The molecule has 2 aromatic carbocycles. The lowest BCUT2D eigenvalue weighted by molar-refractivity contribution is 0.319. The summed E-state index contributed by atoms with van der Waals surface area (Å²) in [6.45, 7) is 5.60. The molecule has 0 aliphatic heterocycles. The van der Waals surface area contributed by atoms with Crippen molar-refractivity contribution in [2.24, 2.45) is 5.16 Å². The van der Waals surface area contributed by atoms with Crippen molar-refractivity contribution in [3.63, 3.8) is 0 Å². The van der Waals surface area contributed by atoms with Gasteiger partial charge < -0.3 is 14.7 Å². The van der Waals surface area contributed by atoms with Crippen molar-refractivity contribution >= 4 is 28.3 Å². The number of benzene rings is 2. The van der Waals surface area contributed by atoms with Gasteiger partial charge >= 0.3 is 0 Å². The normalized spacial score (nSPS) is 12.1. The first-order valence-corrected chi connectivity index (χ1v) is 8.08. The Balaban J connectivity index is 2.30. The molecule has 0 unspecified atom stereocenters. The van der Waals surface area contributed by atoms with Crippen LogP contribution in [0.25, 0.3) is 11.0 Å². The van der Waals surface area contributed by atoms with Crippen LogP contribution in [-0.2, 0) is 6.42 Å². The lowest BCUT2D eigenvalue weighted by Gasteiger charge is -2.10. The van der Waals surface area contributed by atoms with Gasteiger partial charge in [0.25, 0.3) is 0 Å². The van der Waals surface area contributed by atoms with E-state index in [9.17, 15) is 10.3 Å². The number of oxime groups is 1. The number of phenols is 1. The molecule has 1 heterocycles. The molecule has 4 nitrogen and oxygen atoms in total. The third-order valence-corrected chi connectivity index (χ3v) is 4.38. The van der Waals surface area contributed by atoms with E-state index in [1.54, 1.807) is 24.3 Å². The summed E-state index contributed by atoms with van der Waals surface area (Å²) in [5.41, 5.74) is 3.97. The van der Waals surface area contributed by atoms with Crippen LogP contribution < -0.4 is 0 Å². The molecule has 1 aromatic heterocycles. The molecule has 0 bridgehead atoms. The fourth-order valence-electron chi connectivity index (χ4n) is 2.97. The van der Waals surface area contributed by atoms with E-state index in [4.69, 9.17) is 16.0 Å². The van der Waals surface area contributed by atoms with Gasteiger partial charge in [0.1, 0.15) is 22.8 Å². The van der Waals surface area contributed by atoms with Gasteiger partial charge in [-0.25, -0.2) is 0 Å². The number of aryl methyl sites for hydroxylation is 3. The highest BCUT2D eigenvalue weighted by atomic mass is 35.5. The summed E-state index contributed by atoms with van der Waals surface area (Å²) >= 11 is 6.13. The van der Waals surface area contributed by atoms with Crippen LogP contribution in [-0.4, -0.2) is 16.0 Å². The van der Waals surface area contributed by atoms with Crippen LogP contribution in [0.2, 0.25) is 5.02 Å². The fraction of sp³-hybridized carbons (Fsp3) is 0.211. The van der Waals surface area contributed by atoms with Gasteiger partial charge in [-0.1, -0.05) is 23.7 Å². The molecule has 0 aliphatic carbocycles. The van der Waals surface area contributed by atoms with E-state index < -0.39 is 0 Å². The molecule has 0 aliphatic rings. The predicted octanol–water partition coefficient (Wildman–Crippen LogP) is 5.20. The van der Waals surface area contributed by atoms with Gasteiger partial charge in [-0.3, -0.25) is 0 Å². The molecule has 0 saturated heterocycles. The molecule has 0 amide bonds. The van der Waals surface area contributed by atoms with Crippen LogP contribution in [0.5, 0.6) is 5.75 Å². The number of halogens is 1. The first kappa shape index (κ1) is 16.4. The number of hydrogen-bond acceptors (Lipinski definition) is 4. The van der Waals surface area contributed by atoms with E-state index in [0.29, 0.717) is 28.3 Å². The van der Waals surface area contributed by atoms with Crippen molar-refractivity contribution in [1.29, 1.82) is 0 Å². The minimum atomic E-state index is 0.242. The lowest BCUT2D eigenvalue weighted by Crippen LogP contribution is -2.06. The summed E-state index contributed by atoms with van der Waals surface area (Å²) in [5.74, 6) is 0.968. The van der Waals surface area contributed by atoms with E-state index in [-0.39, 0.29) is 5.75 Å². The summed E-state index contributed by atoms with van der Waals surface area (Å²) in [4.78, 5) is 0. The van der Waals surface area contributed by atoms with Crippen LogP contribution in [0.3, 0.4) is 0 Å². The number of hydrogen-bond donors (Lipinski definition) is 2. The topological polar surface area (TPSA) is 66.0 Å². The first-order valence-electron chi connectivity index (χ1n) is 7.70. The molecule has 0 spiro atoms. The van der Waals surface area contributed by atoms with Gasteiger partial charge in [0.05, 0.1) is 5.56 Å². The number of phenolic OH excluding ortho intramolecular Hbond substituents is 1. The maximum atomic E-state index is 9.99. The zero-order valence-corrected chi connectivity index (χ0v) is 14.5. The van der Waals surface area contributed by atoms with Crippen molar-refractivity contribution in [1.82, 2.24) is 0 Å². The molecule has 2 N–H and O–H groups in total. The van der Waals surface area contributed by atoms with E-state index in [2.05, 4.69) is 5.16 Å². The molecule has 24 heavy (non-hydrogen) atoms. The molecular formula is C19H18ClNO3. The third-order valence-electron chi connectivity index (χ3n) is 4.15. The van der Waals surface area contributed by atoms with E-state index >= 15 is 0 Å². The SMILES string of the molecule is CCc1oc2ccc(Cl)cc2c1/C(=N/O)c1cc(C)c(O)c(C)c1. The van der Waals surface area contributed by atoms with Crippen molar-refractivity contribution in [2.45, 2.75) is 27.2 Å². The Morgan fingerprint density at radius 3 is 2.42 bits per heavy atom. The summed E-state index contributed by atoms with van der Waals surface area (Å²) in [6.07, 6.45) is 0.650. The Morgan fingerprint density at radius 1 is 1.17 bits per heavy atom. The van der Waals surface area contributed by atoms with E-state index in [0.717, 1.165) is 27.8 Å². The Labute approximate surface area is 145 Å². The van der Waals surface area contributed by atoms with Gasteiger partial charge in [0.2, 0.25) is 0 Å². The molecular weight excluding hydrogens is 326 g/mol. The van der Waals surface area contributed by atoms with Gasteiger partial charge in [-0.15, -0.1) is 0 Å². The van der Waals surface area contributed by atoms with Gasteiger partial charge in [-0.05, 0) is 55.3 Å². The molecule has 3 rings (SSSR count). The fourth-order valence-corrected chi connectivity index (χ4v) is 3.15. The predicted molar refractivity (Wildman–Crippen MR) is 95.6 cm³/mol. The van der Waals surface area contributed by atoms with Gasteiger partial charge in [0.15, 0.2) is 0 Å². The Morgan fingerprint density at radius 2 is 1.83 bits per heavy atom. The standard InChI is InChI=1S/C19H18ClNO3/c1-4-15-17(14-9-13(20)5-6-16(14)24-15)18(21-23)12-7-10(2)19(22)11(3)8-12/h5-9,22-23H,4H2,1-3H3/b21-18+. The summed E-state index contributed by atoms with van der Waals surface area (Å²) in [7, 11) is 0. The van der Waals surface area contributed by atoms with Gasteiger partial charge in [0, 0.05) is 22.4 Å². The average molecular weight is 344 g/mol. The quantitative estimate of drug-likeness (QED) is 0.390. The minimum absolute atomic E-state index is 0.242. The largest absolute Gasteiger partial charge is 0.507 e. The van der Waals surface area contributed by atoms with E-state index in [1.807, 2.05) is 26.8 Å². The van der Waals surface area contributed by atoms with Crippen LogP contribution in [0.4, 0.5) is 0 Å². The van der Waals surface area contributed by atoms with Crippen molar-refractivity contribution in [2.75, 3.05) is 0 Å². The maximum Gasteiger partial charge on any atom is 0.135 e. The minimum Gasteiger partial charge on any atom is -0.507 e. The highest BCUT2D eigenvalue weighted by Crippen LogP contribution is 2.32. The van der Waals surface area contributed by atoms with Gasteiger partial charge in [-0.2, -0.15) is 0 Å². The number of fused-ring (bicyclic) bond motifs is 1. The zero-order chi connectivity index (χ0) is 17.4. The van der Waals surface area contributed by atoms with Crippen molar-refractivity contribution in [3.8, 4) is 5.75 Å². The van der Waals surface area contributed by atoms with Crippen molar-refractivity contribution in [3.05, 3.63) is 63.4 Å². The summed E-state index contributed by atoms with van der Waals surface area (Å²) < 4.78 is 5.89. The monoisotopic (exact) mass is 343 g/mol. The van der Waals surface area contributed by atoms with Crippen LogP contribution in [0, 0.1) is 13.8 Å². The third kappa shape index (κ3) is 2.63. The van der Waals surface area contributed by atoms with Crippen LogP contribution in [0.15, 0.2) is 39.9 Å². The Hall–Kier alpha value is -2.46. The molecule has 124 valence electrons. The zero-order valence-electron chi connectivity index (χ0n) is 13.7. The summed E-state index contributed by atoms with van der Waals surface area (Å²) in [6, 6.07) is 8.96. The molecule has 5 heteroatoms. The van der Waals surface area contributed by atoms with E-state index in [1.165, 1.54) is 0 Å². The number of nitrogens with zero attached hydrogens (tertiary/aromatic N) is 1. The number of rotatable bonds is 3. The highest BCUT2D eigenvalue weighted by molar-refractivity contribution is 6.32. The second kappa shape index (κ2) is 6.21. The summed E-state index contributed by atoms with van der Waals surface area (Å²) in [5, 5.41) is 24.6. The second-order valence-corrected chi connectivity index (χ2v) is 6.24. The first-order chi connectivity index (χ1) is 11.5. The molecule has 0 fully saturated rings. The highest BCUT2D eigenvalue weighted by Gasteiger charge is 2.21.